The van der Waals surface area contributed by atoms with Gasteiger partial charge in [0.1, 0.15) is 12.4 Å². The van der Waals surface area contributed by atoms with E-state index in [1.807, 2.05) is 36.4 Å². The summed E-state index contributed by atoms with van der Waals surface area (Å²) >= 11 is 0. The zero-order valence-corrected chi connectivity index (χ0v) is 20.1. The van der Waals surface area contributed by atoms with Gasteiger partial charge in [-0.2, -0.15) is 0 Å². The van der Waals surface area contributed by atoms with E-state index in [2.05, 4.69) is 19.9 Å². The number of pyridine rings is 1. The smallest absolute Gasteiger partial charge is 0.240 e. The van der Waals surface area contributed by atoms with Crippen LogP contribution in [0.2, 0.25) is 0 Å². The minimum absolute atomic E-state index is 0.114. The summed E-state index contributed by atoms with van der Waals surface area (Å²) < 4.78 is 34.1. The Labute approximate surface area is 200 Å². The van der Waals surface area contributed by atoms with Crippen LogP contribution in [-0.2, 0) is 14.8 Å². The maximum absolute atomic E-state index is 12.8. The summed E-state index contributed by atoms with van der Waals surface area (Å²) in [5.74, 6) is 0.913. The summed E-state index contributed by atoms with van der Waals surface area (Å²) in [6.07, 6.45) is 3.52. The minimum atomic E-state index is -3.57. The van der Waals surface area contributed by atoms with Crippen LogP contribution < -0.4 is 14.8 Å². The van der Waals surface area contributed by atoms with Gasteiger partial charge < -0.3 is 10.1 Å². The van der Waals surface area contributed by atoms with Crippen LogP contribution in [-0.4, -0.2) is 57.0 Å². The van der Waals surface area contributed by atoms with Crippen molar-refractivity contribution in [3.05, 3.63) is 60.8 Å². The lowest BCUT2D eigenvalue weighted by Crippen LogP contribution is -2.40. The molecule has 9 heteroatoms. The lowest BCUT2D eigenvalue weighted by molar-refractivity contribution is -0.114. The van der Waals surface area contributed by atoms with Crippen LogP contribution >= 0.6 is 0 Å². The van der Waals surface area contributed by atoms with Crippen molar-refractivity contribution >= 4 is 32.5 Å². The summed E-state index contributed by atoms with van der Waals surface area (Å²) in [7, 11) is -3.57. The van der Waals surface area contributed by atoms with E-state index in [-0.39, 0.29) is 10.8 Å². The van der Waals surface area contributed by atoms with E-state index in [4.69, 9.17) is 4.74 Å². The minimum Gasteiger partial charge on any atom is -0.492 e. The Morgan fingerprint density at radius 3 is 2.74 bits per heavy atom. The molecule has 2 N–H and O–H groups in total. The number of fused-ring (bicyclic) bond motifs is 1. The average molecular weight is 483 g/mol. The molecule has 180 valence electrons. The van der Waals surface area contributed by atoms with Crippen LogP contribution in [0.3, 0.4) is 0 Å². The second-order valence-electron chi connectivity index (χ2n) is 8.55. The molecule has 1 amide bonds. The van der Waals surface area contributed by atoms with Crippen LogP contribution in [0.5, 0.6) is 5.75 Å². The maximum Gasteiger partial charge on any atom is 0.240 e. The lowest BCUT2D eigenvalue weighted by Gasteiger charge is -2.31. The van der Waals surface area contributed by atoms with Crippen molar-refractivity contribution in [2.24, 2.45) is 5.92 Å². The Balaban J connectivity index is 1.20. The van der Waals surface area contributed by atoms with Gasteiger partial charge in [0.2, 0.25) is 15.9 Å². The number of sulfonamides is 1. The van der Waals surface area contributed by atoms with Crippen molar-refractivity contribution in [2.75, 3.05) is 38.1 Å². The van der Waals surface area contributed by atoms with Crippen LogP contribution in [0.4, 0.5) is 5.69 Å². The lowest BCUT2D eigenvalue weighted by atomic mass is 9.97. The van der Waals surface area contributed by atoms with Crippen molar-refractivity contribution in [2.45, 2.75) is 24.7 Å². The number of aromatic nitrogens is 1. The molecule has 0 atom stereocenters. The number of amides is 1. The number of benzene rings is 2. The number of likely N-dealkylation sites (tertiary alicyclic amines) is 1. The first-order chi connectivity index (χ1) is 16.4. The van der Waals surface area contributed by atoms with Crippen LogP contribution in [0.1, 0.15) is 19.8 Å². The summed E-state index contributed by atoms with van der Waals surface area (Å²) in [6.45, 7) is 5.07. The Hall–Kier alpha value is -3.01. The quantitative estimate of drug-likeness (QED) is 0.486. The topological polar surface area (TPSA) is 101 Å². The second kappa shape index (κ2) is 10.9. The third kappa shape index (κ3) is 6.53. The number of carbonyl (C=O) groups excluding carboxylic acids is 1. The molecule has 0 saturated carbocycles. The Morgan fingerprint density at radius 2 is 1.94 bits per heavy atom. The van der Waals surface area contributed by atoms with E-state index >= 15 is 0 Å². The molecule has 1 fully saturated rings. The summed E-state index contributed by atoms with van der Waals surface area (Å²) in [4.78, 5) is 18.0. The first kappa shape index (κ1) is 24.1. The van der Waals surface area contributed by atoms with Gasteiger partial charge in [-0.25, -0.2) is 13.1 Å². The van der Waals surface area contributed by atoms with Crippen molar-refractivity contribution in [1.82, 2.24) is 14.6 Å². The van der Waals surface area contributed by atoms with E-state index in [9.17, 15) is 13.2 Å². The Bertz CT molecular complexity index is 1240. The molecule has 2 heterocycles. The molecule has 1 saturated heterocycles. The van der Waals surface area contributed by atoms with E-state index < -0.39 is 10.0 Å². The largest absolute Gasteiger partial charge is 0.492 e. The molecule has 0 bridgehead atoms. The number of piperidine rings is 1. The third-order valence-electron chi connectivity index (χ3n) is 5.99. The molecular formula is C25H30N4O4S. The van der Waals surface area contributed by atoms with Crippen molar-refractivity contribution in [3.63, 3.8) is 0 Å². The van der Waals surface area contributed by atoms with Gasteiger partial charge in [0.25, 0.3) is 0 Å². The number of nitrogens with zero attached hydrogens (tertiary/aromatic N) is 2. The molecule has 2 aromatic carbocycles. The predicted octanol–water partition coefficient (Wildman–Crippen LogP) is 3.26. The second-order valence-corrected chi connectivity index (χ2v) is 10.3. The highest BCUT2D eigenvalue weighted by Crippen LogP contribution is 2.21. The molecule has 4 rings (SSSR count). The molecule has 0 unspecified atom stereocenters. The van der Waals surface area contributed by atoms with E-state index in [1.54, 1.807) is 24.4 Å². The standard InChI is InChI=1S/C25H30N4O4S/c1-19(30)28-22-5-2-6-23(16-22)33-15-14-29-12-9-20(10-13-29)18-27-34(31,32)24-8-7-21-4-3-11-26-25(21)17-24/h2-8,11,16-17,20,27H,9-10,12-15,18H2,1H3,(H,28,30). The maximum atomic E-state index is 12.8. The SMILES string of the molecule is CC(=O)Nc1cccc(OCCN2CCC(CNS(=O)(=O)c3ccc4cccnc4c3)CC2)c1. The van der Waals surface area contributed by atoms with Gasteiger partial charge in [-0.3, -0.25) is 14.7 Å². The molecule has 34 heavy (non-hydrogen) atoms. The molecule has 1 aliphatic heterocycles. The highest BCUT2D eigenvalue weighted by atomic mass is 32.2. The van der Waals surface area contributed by atoms with Gasteiger partial charge in [0.15, 0.2) is 0 Å². The fourth-order valence-electron chi connectivity index (χ4n) is 4.10. The van der Waals surface area contributed by atoms with Crippen molar-refractivity contribution < 1.29 is 17.9 Å². The van der Waals surface area contributed by atoms with Crippen molar-refractivity contribution in [1.29, 1.82) is 0 Å². The number of nitrogens with one attached hydrogen (secondary N) is 2. The number of rotatable bonds is 9. The van der Waals surface area contributed by atoms with E-state index in [0.29, 0.717) is 30.3 Å². The highest BCUT2D eigenvalue weighted by molar-refractivity contribution is 7.89. The normalized spacial score (nSPS) is 15.3. The van der Waals surface area contributed by atoms with Crippen molar-refractivity contribution in [3.8, 4) is 5.75 Å². The number of carbonyl (C=O) groups is 1. The van der Waals surface area contributed by atoms with Gasteiger partial charge in [-0.1, -0.05) is 18.2 Å². The third-order valence-corrected chi connectivity index (χ3v) is 7.41. The summed E-state index contributed by atoms with van der Waals surface area (Å²) in [5, 5.41) is 3.66. The van der Waals surface area contributed by atoms with Crippen LogP contribution in [0.15, 0.2) is 65.7 Å². The number of ether oxygens (including phenoxy) is 1. The average Bonchev–Trinajstić information content (AvgIpc) is 2.83. The molecule has 8 nitrogen and oxygen atoms in total. The first-order valence-electron chi connectivity index (χ1n) is 11.5. The van der Waals surface area contributed by atoms with Gasteiger partial charge in [-0.05, 0) is 62.2 Å². The first-order valence-corrected chi connectivity index (χ1v) is 12.9. The molecule has 1 aromatic heterocycles. The molecule has 0 spiro atoms. The number of hydrogen-bond donors (Lipinski definition) is 2. The Morgan fingerprint density at radius 1 is 1.12 bits per heavy atom. The predicted molar refractivity (Wildman–Crippen MR) is 132 cm³/mol. The van der Waals surface area contributed by atoms with Gasteiger partial charge in [-0.15, -0.1) is 0 Å². The van der Waals surface area contributed by atoms with Gasteiger partial charge in [0.05, 0.1) is 10.4 Å². The van der Waals surface area contributed by atoms with E-state index in [1.165, 1.54) is 6.92 Å². The van der Waals surface area contributed by atoms with Gasteiger partial charge in [0, 0.05) is 43.4 Å². The van der Waals surface area contributed by atoms with Crippen LogP contribution in [0, 0.1) is 5.92 Å². The van der Waals surface area contributed by atoms with Crippen LogP contribution in [0.25, 0.3) is 10.9 Å². The zero-order valence-electron chi connectivity index (χ0n) is 19.2. The number of anilines is 1. The molecule has 0 radical (unpaired) electrons. The van der Waals surface area contributed by atoms with Gasteiger partial charge >= 0.3 is 0 Å². The zero-order chi connectivity index (χ0) is 24.0. The fourth-order valence-corrected chi connectivity index (χ4v) is 5.23. The summed E-state index contributed by atoms with van der Waals surface area (Å²) in [5.41, 5.74) is 1.39. The highest BCUT2D eigenvalue weighted by Gasteiger charge is 2.22. The monoisotopic (exact) mass is 482 g/mol. The molecule has 1 aliphatic rings. The molecule has 3 aromatic rings. The summed E-state index contributed by atoms with van der Waals surface area (Å²) in [6, 6.07) is 16.1. The molecule has 0 aliphatic carbocycles. The number of hydrogen-bond acceptors (Lipinski definition) is 6. The fraction of sp³-hybridized carbons (Fsp3) is 0.360. The van der Waals surface area contributed by atoms with E-state index in [0.717, 1.165) is 43.6 Å². The molecular weight excluding hydrogens is 452 g/mol. The Kier molecular flexibility index (Phi) is 7.77.